The lowest BCUT2D eigenvalue weighted by atomic mass is 10.3. The highest BCUT2D eigenvalue weighted by Crippen LogP contribution is 2.18. The monoisotopic (exact) mass is 337 g/mol. The van der Waals surface area contributed by atoms with E-state index in [1.165, 1.54) is 12.3 Å². The molecule has 1 rings (SSSR count). The lowest BCUT2D eigenvalue weighted by Crippen LogP contribution is -2.14. The largest absolute Gasteiger partial charge is 0.460 e. The maximum Gasteiger partial charge on any atom is 0.339 e. The van der Waals surface area contributed by atoms with Crippen LogP contribution in [0.2, 0.25) is 10.2 Å². The van der Waals surface area contributed by atoms with Gasteiger partial charge in [-0.25, -0.2) is 9.78 Å². The number of methoxy groups -OCH3 is 1. The summed E-state index contributed by atoms with van der Waals surface area (Å²) in [6, 6.07) is 1.36. The molecule has 0 saturated heterocycles. The van der Waals surface area contributed by atoms with Gasteiger partial charge in [0.05, 0.1) is 43.6 Å². The highest BCUT2D eigenvalue weighted by atomic mass is 35.5. The first-order chi connectivity index (χ1) is 10.1. The summed E-state index contributed by atoms with van der Waals surface area (Å²) in [6.07, 6.45) is 1.30. The van der Waals surface area contributed by atoms with E-state index in [2.05, 4.69) is 4.98 Å². The number of aromatic nitrogens is 1. The maximum atomic E-state index is 11.7. The Morgan fingerprint density at radius 3 is 2.38 bits per heavy atom. The Morgan fingerprint density at radius 1 is 1.10 bits per heavy atom. The summed E-state index contributed by atoms with van der Waals surface area (Å²) in [4.78, 5) is 15.5. The zero-order valence-corrected chi connectivity index (χ0v) is 13.2. The molecule has 0 saturated carbocycles. The van der Waals surface area contributed by atoms with Crippen LogP contribution in [-0.2, 0) is 18.9 Å². The average Bonchev–Trinajstić information content (AvgIpc) is 2.48. The molecule has 118 valence electrons. The van der Waals surface area contributed by atoms with E-state index in [0.29, 0.717) is 26.4 Å². The lowest BCUT2D eigenvalue weighted by molar-refractivity contribution is 0.00570. The van der Waals surface area contributed by atoms with Crippen LogP contribution in [0.1, 0.15) is 10.4 Å². The second-order valence-corrected chi connectivity index (χ2v) is 4.63. The molecular weight excluding hydrogens is 321 g/mol. The van der Waals surface area contributed by atoms with Gasteiger partial charge in [-0.15, -0.1) is 0 Å². The van der Waals surface area contributed by atoms with E-state index in [0.717, 1.165) is 0 Å². The number of halogens is 2. The van der Waals surface area contributed by atoms with Crippen molar-refractivity contribution in [1.82, 2.24) is 4.98 Å². The number of carbonyl (C=O) groups is 1. The van der Waals surface area contributed by atoms with E-state index in [1.54, 1.807) is 7.11 Å². The van der Waals surface area contributed by atoms with Crippen LogP contribution in [0.5, 0.6) is 0 Å². The number of hydrogen-bond donors (Lipinski definition) is 0. The second kappa shape index (κ2) is 10.8. The molecule has 21 heavy (non-hydrogen) atoms. The topological polar surface area (TPSA) is 66.9 Å². The number of rotatable bonds is 10. The zero-order chi connectivity index (χ0) is 15.5. The molecule has 0 aliphatic rings. The first-order valence-corrected chi connectivity index (χ1v) is 7.03. The molecule has 0 unspecified atom stereocenters. The van der Waals surface area contributed by atoms with Crippen molar-refractivity contribution < 1.29 is 23.7 Å². The quantitative estimate of drug-likeness (QED) is 0.370. The van der Waals surface area contributed by atoms with Crippen LogP contribution in [0.15, 0.2) is 12.3 Å². The number of nitrogens with zero attached hydrogens (tertiary/aromatic N) is 1. The van der Waals surface area contributed by atoms with Crippen molar-refractivity contribution in [2.45, 2.75) is 0 Å². The Balaban J connectivity index is 2.12. The molecule has 0 aromatic carbocycles. The lowest BCUT2D eigenvalue weighted by Gasteiger charge is -2.07. The fraction of sp³-hybridized carbons (Fsp3) is 0.538. The molecule has 0 bridgehead atoms. The minimum atomic E-state index is -0.566. The first kappa shape index (κ1) is 18.1. The minimum Gasteiger partial charge on any atom is -0.460 e. The third-order valence-corrected chi connectivity index (χ3v) is 2.81. The Morgan fingerprint density at radius 2 is 1.71 bits per heavy atom. The van der Waals surface area contributed by atoms with Gasteiger partial charge in [0.25, 0.3) is 0 Å². The van der Waals surface area contributed by atoms with Gasteiger partial charge in [0.15, 0.2) is 0 Å². The van der Waals surface area contributed by atoms with Gasteiger partial charge in [0, 0.05) is 13.3 Å². The molecule has 0 radical (unpaired) electrons. The van der Waals surface area contributed by atoms with Crippen LogP contribution in [-0.4, -0.2) is 57.7 Å². The number of carbonyl (C=O) groups excluding carboxylic acids is 1. The number of ether oxygens (including phenoxy) is 4. The summed E-state index contributed by atoms with van der Waals surface area (Å²) >= 11 is 11.5. The van der Waals surface area contributed by atoms with E-state index >= 15 is 0 Å². The summed E-state index contributed by atoms with van der Waals surface area (Å²) in [5.41, 5.74) is 0.180. The molecule has 0 amide bonds. The Bertz CT molecular complexity index is 445. The highest BCUT2D eigenvalue weighted by Gasteiger charge is 2.12. The van der Waals surface area contributed by atoms with Gasteiger partial charge in [-0.1, -0.05) is 23.2 Å². The van der Waals surface area contributed by atoms with E-state index in [-0.39, 0.29) is 29.0 Å². The molecule has 0 aliphatic heterocycles. The molecule has 0 fully saturated rings. The predicted octanol–water partition coefficient (Wildman–Crippen LogP) is 2.22. The SMILES string of the molecule is COCCOCCOCCOC(=O)c1cc(Cl)ncc1Cl. The van der Waals surface area contributed by atoms with Gasteiger partial charge < -0.3 is 18.9 Å². The molecule has 1 heterocycles. The summed E-state index contributed by atoms with van der Waals surface area (Å²) in [7, 11) is 1.61. The van der Waals surface area contributed by atoms with E-state index in [4.69, 9.17) is 42.1 Å². The van der Waals surface area contributed by atoms with Crippen molar-refractivity contribution in [3.8, 4) is 0 Å². The first-order valence-electron chi connectivity index (χ1n) is 6.27. The maximum absolute atomic E-state index is 11.7. The van der Waals surface area contributed by atoms with Crippen molar-refractivity contribution in [3.05, 3.63) is 28.0 Å². The molecule has 6 nitrogen and oxygen atoms in total. The fourth-order valence-electron chi connectivity index (χ4n) is 1.30. The van der Waals surface area contributed by atoms with Crippen molar-refractivity contribution in [1.29, 1.82) is 0 Å². The van der Waals surface area contributed by atoms with Gasteiger partial charge in [0.1, 0.15) is 11.8 Å². The smallest absolute Gasteiger partial charge is 0.339 e. The van der Waals surface area contributed by atoms with E-state index in [9.17, 15) is 4.79 Å². The van der Waals surface area contributed by atoms with Crippen LogP contribution in [0.3, 0.4) is 0 Å². The van der Waals surface area contributed by atoms with Gasteiger partial charge in [0.2, 0.25) is 0 Å². The third kappa shape index (κ3) is 7.59. The van der Waals surface area contributed by atoms with Crippen LogP contribution in [0.25, 0.3) is 0 Å². The number of hydrogen-bond acceptors (Lipinski definition) is 6. The van der Waals surface area contributed by atoms with Crippen molar-refractivity contribution in [2.75, 3.05) is 46.8 Å². The summed E-state index contributed by atoms with van der Waals surface area (Å²) in [5, 5.41) is 0.368. The number of pyridine rings is 1. The Hall–Kier alpha value is -0.920. The average molecular weight is 338 g/mol. The van der Waals surface area contributed by atoms with Gasteiger partial charge in [-0.2, -0.15) is 0 Å². The highest BCUT2D eigenvalue weighted by molar-refractivity contribution is 6.34. The summed E-state index contributed by atoms with van der Waals surface area (Å²) in [5.74, 6) is -0.566. The molecule has 8 heteroatoms. The van der Waals surface area contributed by atoms with Crippen LogP contribution in [0, 0.1) is 0 Å². The molecule has 0 N–H and O–H groups in total. The van der Waals surface area contributed by atoms with E-state index in [1.807, 2.05) is 0 Å². The number of esters is 1. The minimum absolute atomic E-state index is 0.118. The van der Waals surface area contributed by atoms with Crippen molar-refractivity contribution in [3.63, 3.8) is 0 Å². The van der Waals surface area contributed by atoms with Crippen molar-refractivity contribution in [2.24, 2.45) is 0 Å². The molecule has 0 spiro atoms. The molecule has 0 aliphatic carbocycles. The predicted molar refractivity (Wildman–Crippen MR) is 78.1 cm³/mol. The Kier molecular flexibility index (Phi) is 9.29. The third-order valence-electron chi connectivity index (χ3n) is 2.31. The van der Waals surface area contributed by atoms with Crippen LogP contribution < -0.4 is 0 Å². The van der Waals surface area contributed by atoms with Gasteiger partial charge in [-0.3, -0.25) is 0 Å². The molecule has 1 aromatic heterocycles. The Labute approximate surface area is 133 Å². The zero-order valence-electron chi connectivity index (χ0n) is 11.6. The van der Waals surface area contributed by atoms with Crippen molar-refractivity contribution >= 4 is 29.2 Å². The second-order valence-electron chi connectivity index (χ2n) is 3.84. The van der Waals surface area contributed by atoms with Gasteiger partial charge in [-0.05, 0) is 6.07 Å². The summed E-state index contributed by atoms with van der Waals surface area (Å²) < 4.78 is 20.3. The van der Waals surface area contributed by atoms with Crippen LogP contribution >= 0.6 is 23.2 Å². The summed E-state index contributed by atoms with van der Waals surface area (Å²) in [6.45, 7) is 2.35. The van der Waals surface area contributed by atoms with Gasteiger partial charge >= 0.3 is 5.97 Å². The molecule has 1 aromatic rings. The molecule has 0 atom stereocenters. The molecular formula is C13H17Cl2NO5. The normalized spacial score (nSPS) is 10.6. The van der Waals surface area contributed by atoms with Crippen LogP contribution in [0.4, 0.5) is 0 Å². The fourth-order valence-corrected chi connectivity index (χ4v) is 1.64. The standard InChI is InChI=1S/C13H17Cl2NO5/c1-18-2-3-19-4-5-20-6-7-21-13(17)10-8-12(15)16-9-11(10)14/h8-9H,2-7H2,1H3. The van der Waals surface area contributed by atoms with E-state index < -0.39 is 5.97 Å².